The summed E-state index contributed by atoms with van der Waals surface area (Å²) in [4.78, 5) is 0. The Bertz CT molecular complexity index is 586. The van der Waals surface area contributed by atoms with E-state index in [1.54, 1.807) is 0 Å². The molecule has 0 radical (unpaired) electrons. The van der Waals surface area contributed by atoms with Gasteiger partial charge in [-0.1, -0.05) is 42.5 Å². The Kier molecular flexibility index (Phi) is 3.49. The molecule has 1 aliphatic carbocycles. The number of aryl methyl sites for hydroxylation is 1. The third-order valence-electron chi connectivity index (χ3n) is 3.84. The number of aliphatic hydroxyl groups is 1. The van der Waals surface area contributed by atoms with Crippen LogP contribution in [0, 0.1) is 6.92 Å². The number of rotatable bonds is 5. The third-order valence-corrected chi connectivity index (χ3v) is 3.84. The van der Waals surface area contributed by atoms with Gasteiger partial charge in [0, 0.05) is 6.42 Å². The van der Waals surface area contributed by atoms with Crippen LogP contribution in [-0.2, 0) is 13.0 Å². The molecule has 1 aliphatic rings. The summed E-state index contributed by atoms with van der Waals surface area (Å²) in [7, 11) is 0. The van der Waals surface area contributed by atoms with Crippen molar-refractivity contribution >= 4 is 0 Å². The van der Waals surface area contributed by atoms with E-state index in [1.165, 1.54) is 11.1 Å². The summed E-state index contributed by atoms with van der Waals surface area (Å²) in [6, 6.07) is 16.4. The highest BCUT2D eigenvalue weighted by Crippen LogP contribution is 2.38. The van der Waals surface area contributed by atoms with E-state index in [2.05, 4.69) is 31.2 Å². The maximum atomic E-state index is 9.96. The molecule has 2 nitrogen and oxygen atoms in total. The van der Waals surface area contributed by atoms with Gasteiger partial charge in [0.1, 0.15) is 12.4 Å². The summed E-state index contributed by atoms with van der Waals surface area (Å²) in [6.07, 6.45) is 2.61. The van der Waals surface area contributed by atoms with Crippen LogP contribution < -0.4 is 4.74 Å². The van der Waals surface area contributed by atoms with Crippen molar-refractivity contribution < 1.29 is 9.84 Å². The number of hydrogen-bond donors (Lipinski definition) is 1. The third kappa shape index (κ3) is 3.20. The SMILES string of the molecule is Cc1cc(CC2(O)CC2)ccc1OCc1ccccc1. The van der Waals surface area contributed by atoms with Gasteiger partial charge in [-0.2, -0.15) is 0 Å². The van der Waals surface area contributed by atoms with E-state index >= 15 is 0 Å². The van der Waals surface area contributed by atoms with E-state index in [9.17, 15) is 5.11 Å². The van der Waals surface area contributed by atoms with Crippen LogP contribution in [0.15, 0.2) is 48.5 Å². The predicted octanol–water partition coefficient (Wildman–Crippen LogP) is 3.64. The minimum Gasteiger partial charge on any atom is -0.489 e. The summed E-state index contributed by atoms with van der Waals surface area (Å²) < 4.78 is 5.86. The predicted molar refractivity (Wildman–Crippen MR) is 79.8 cm³/mol. The first-order chi connectivity index (χ1) is 9.65. The molecule has 0 saturated heterocycles. The van der Waals surface area contributed by atoms with Gasteiger partial charge in [0.15, 0.2) is 0 Å². The number of benzene rings is 2. The van der Waals surface area contributed by atoms with Crippen molar-refractivity contribution in [3.63, 3.8) is 0 Å². The lowest BCUT2D eigenvalue weighted by Gasteiger charge is -2.12. The molecule has 0 heterocycles. The fourth-order valence-corrected chi connectivity index (χ4v) is 2.42. The van der Waals surface area contributed by atoms with Crippen LogP contribution in [0.4, 0.5) is 0 Å². The van der Waals surface area contributed by atoms with Crippen molar-refractivity contribution in [3.8, 4) is 5.75 Å². The molecular formula is C18H20O2. The van der Waals surface area contributed by atoms with Gasteiger partial charge in [0.2, 0.25) is 0 Å². The van der Waals surface area contributed by atoms with Gasteiger partial charge in [-0.05, 0) is 42.5 Å². The van der Waals surface area contributed by atoms with Crippen LogP contribution in [0.25, 0.3) is 0 Å². The van der Waals surface area contributed by atoms with Crippen LogP contribution in [0.3, 0.4) is 0 Å². The molecule has 0 unspecified atom stereocenters. The van der Waals surface area contributed by atoms with Gasteiger partial charge in [0.05, 0.1) is 5.60 Å². The van der Waals surface area contributed by atoms with Crippen molar-refractivity contribution in [2.45, 2.75) is 38.4 Å². The smallest absolute Gasteiger partial charge is 0.122 e. The Morgan fingerprint density at radius 2 is 1.80 bits per heavy atom. The Labute approximate surface area is 120 Å². The minimum atomic E-state index is -0.432. The normalized spacial score (nSPS) is 15.9. The molecule has 104 valence electrons. The van der Waals surface area contributed by atoms with E-state index < -0.39 is 5.60 Å². The van der Waals surface area contributed by atoms with Crippen molar-refractivity contribution in [2.24, 2.45) is 0 Å². The highest BCUT2D eigenvalue weighted by Gasteiger charge is 2.40. The van der Waals surface area contributed by atoms with Crippen molar-refractivity contribution in [2.75, 3.05) is 0 Å². The lowest BCUT2D eigenvalue weighted by Crippen LogP contribution is -2.10. The maximum Gasteiger partial charge on any atom is 0.122 e. The van der Waals surface area contributed by atoms with Crippen LogP contribution in [-0.4, -0.2) is 10.7 Å². The molecule has 0 atom stereocenters. The molecular weight excluding hydrogens is 248 g/mol. The molecule has 2 aromatic carbocycles. The van der Waals surface area contributed by atoms with Gasteiger partial charge < -0.3 is 9.84 Å². The van der Waals surface area contributed by atoms with Crippen molar-refractivity contribution in [3.05, 3.63) is 65.2 Å². The fraction of sp³-hybridized carbons (Fsp3) is 0.333. The Morgan fingerprint density at radius 3 is 2.45 bits per heavy atom. The second kappa shape index (κ2) is 5.29. The molecule has 0 bridgehead atoms. The van der Waals surface area contributed by atoms with Crippen LogP contribution in [0.1, 0.15) is 29.5 Å². The van der Waals surface area contributed by atoms with Gasteiger partial charge in [0.25, 0.3) is 0 Å². The fourth-order valence-electron chi connectivity index (χ4n) is 2.42. The molecule has 1 fully saturated rings. The molecule has 0 spiro atoms. The standard InChI is InChI=1S/C18H20O2/c1-14-11-16(12-18(19)9-10-18)7-8-17(14)20-13-15-5-3-2-4-6-15/h2-8,11,19H,9-10,12-13H2,1H3. The van der Waals surface area contributed by atoms with Crippen LogP contribution in [0.2, 0.25) is 0 Å². The molecule has 1 saturated carbocycles. The maximum absolute atomic E-state index is 9.96. The van der Waals surface area contributed by atoms with Gasteiger partial charge in [-0.25, -0.2) is 0 Å². The molecule has 0 aliphatic heterocycles. The second-order valence-corrected chi connectivity index (χ2v) is 5.78. The van der Waals surface area contributed by atoms with Gasteiger partial charge in [-0.3, -0.25) is 0 Å². The zero-order chi connectivity index (χ0) is 14.0. The van der Waals surface area contributed by atoms with Crippen molar-refractivity contribution in [1.82, 2.24) is 0 Å². The molecule has 0 amide bonds. The van der Waals surface area contributed by atoms with Gasteiger partial charge in [-0.15, -0.1) is 0 Å². The topological polar surface area (TPSA) is 29.5 Å². The summed E-state index contributed by atoms with van der Waals surface area (Å²) in [5, 5.41) is 9.96. The highest BCUT2D eigenvalue weighted by atomic mass is 16.5. The van der Waals surface area contributed by atoms with E-state index in [4.69, 9.17) is 4.74 Å². The Hall–Kier alpha value is -1.80. The van der Waals surface area contributed by atoms with E-state index in [0.717, 1.165) is 30.6 Å². The summed E-state index contributed by atoms with van der Waals surface area (Å²) in [6.45, 7) is 2.64. The highest BCUT2D eigenvalue weighted by molar-refractivity contribution is 5.37. The van der Waals surface area contributed by atoms with E-state index in [-0.39, 0.29) is 0 Å². The Balaban J connectivity index is 1.65. The molecule has 3 rings (SSSR count). The number of hydrogen-bond acceptors (Lipinski definition) is 2. The zero-order valence-corrected chi connectivity index (χ0v) is 11.8. The first kappa shape index (κ1) is 13.2. The monoisotopic (exact) mass is 268 g/mol. The largest absolute Gasteiger partial charge is 0.489 e. The van der Waals surface area contributed by atoms with Crippen LogP contribution >= 0.6 is 0 Å². The average molecular weight is 268 g/mol. The summed E-state index contributed by atoms with van der Waals surface area (Å²) in [5.41, 5.74) is 3.05. The molecule has 2 heteroatoms. The first-order valence-electron chi connectivity index (χ1n) is 7.13. The molecule has 2 aromatic rings. The molecule has 0 aromatic heterocycles. The number of ether oxygens (including phenoxy) is 1. The Morgan fingerprint density at radius 1 is 1.05 bits per heavy atom. The lowest BCUT2D eigenvalue weighted by atomic mass is 10.0. The summed E-state index contributed by atoms with van der Waals surface area (Å²) in [5.74, 6) is 0.917. The van der Waals surface area contributed by atoms with Crippen molar-refractivity contribution in [1.29, 1.82) is 0 Å². The van der Waals surface area contributed by atoms with E-state index in [0.29, 0.717) is 6.61 Å². The molecule has 20 heavy (non-hydrogen) atoms. The van der Waals surface area contributed by atoms with E-state index in [1.807, 2.05) is 24.3 Å². The summed E-state index contributed by atoms with van der Waals surface area (Å²) >= 11 is 0. The first-order valence-corrected chi connectivity index (χ1v) is 7.13. The van der Waals surface area contributed by atoms with Gasteiger partial charge >= 0.3 is 0 Å². The van der Waals surface area contributed by atoms with Crippen LogP contribution in [0.5, 0.6) is 5.75 Å². The zero-order valence-electron chi connectivity index (χ0n) is 11.8. The molecule has 1 N–H and O–H groups in total. The lowest BCUT2D eigenvalue weighted by molar-refractivity contribution is 0.151. The quantitative estimate of drug-likeness (QED) is 0.897. The minimum absolute atomic E-state index is 0.432. The second-order valence-electron chi connectivity index (χ2n) is 5.78. The average Bonchev–Trinajstić information content (AvgIpc) is 3.16.